The fourth-order valence-corrected chi connectivity index (χ4v) is 4.35. The third-order valence-electron chi connectivity index (χ3n) is 5.59. The number of benzene rings is 3. The number of fused-ring (bicyclic) bond motifs is 2. The van der Waals surface area contributed by atoms with Crippen LogP contribution < -0.4 is 9.64 Å². The van der Waals surface area contributed by atoms with Crippen LogP contribution in [0.25, 0.3) is 10.9 Å². The smallest absolute Gasteiger partial charge is 0.142 e. The number of ether oxygens (including phenoxy) is 1. The summed E-state index contributed by atoms with van der Waals surface area (Å²) in [4.78, 5) is 5.94. The molecule has 134 valence electrons. The Morgan fingerprint density at radius 3 is 2.59 bits per heavy atom. The van der Waals surface area contributed by atoms with E-state index in [1.165, 1.54) is 27.6 Å². The number of aromatic nitrogens is 1. The molecule has 1 unspecified atom stereocenters. The molecule has 3 nitrogen and oxygen atoms in total. The van der Waals surface area contributed by atoms with Gasteiger partial charge in [0.2, 0.25) is 0 Å². The van der Waals surface area contributed by atoms with Gasteiger partial charge in [0.15, 0.2) is 0 Å². The number of nitrogens with zero attached hydrogens (tertiary/aromatic N) is 1. The molecular formula is C24H22N2O. The summed E-state index contributed by atoms with van der Waals surface area (Å²) in [5.74, 6) is 0.918. The Labute approximate surface area is 159 Å². The second kappa shape index (κ2) is 6.51. The van der Waals surface area contributed by atoms with Crippen molar-refractivity contribution < 1.29 is 4.74 Å². The molecule has 5 rings (SSSR count). The zero-order valence-electron chi connectivity index (χ0n) is 15.4. The van der Waals surface area contributed by atoms with Crippen LogP contribution in [0.3, 0.4) is 0 Å². The molecule has 3 heteroatoms. The molecule has 0 saturated heterocycles. The van der Waals surface area contributed by atoms with Gasteiger partial charge in [-0.1, -0.05) is 54.6 Å². The lowest BCUT2D eigenvalue weighted by Gasteiger charge is -2.39. The highest BCUT2D eigenvalue weighted by atomic mass is 16.5. The first-order valence-corrected chi connectivity index (χ1v) is 9.40. The Morgan fingerprint density at radius 1 is 0.889 bits per heavy atom. The number of hydrogen-bond donors (Lipinski definition) is 1. The van der Waals surface area contributed by atoms with Crippen LogP contribution in [-0.4, -0.2) is 18.6 Å². The van der Waals surface area contributed by atoms with Gasteiger partial charge in [0.05, 0.1) is 18.8 Å². The Kier molecular flexibility index (Phi) is 3.86. The molecule has 2 heterocycles. The molecule has 1 aromatic heterocycles. The van der Waals surface area contributed by atoms with Gasteiger partial charge in [0.25, 0.3) is 0 Å². The van der Waals surface area contributed by atoms with E-state index in [0.29, 0.717) is 0 Å². The SMILES string of the molecule is COc1ccccc1N1CCc2ccccc2C1c1c[nH]c2ccccc12. The lowest BCUT2D eigenvalue weighted by molar-refractivity contribution is 0.413. The fourth-order valence-electron chi connectivity index (χ4n) is 4.35. The summed E-state index contributed by atoms with van der Waals surface area (Å²) in [6.07, 6.45) is 3.20. The van der Waals surface area contributed by atoms with Crippen molar-refractivity contribution in [3.05, 3.63) is 95.7 Å². The summed E-state index contributed by atoms with van der Waals surface area (Å²) in [6, 6.07) is 25.8. The topological polar surface area (TPSA) is 28.3 Å². The molecular weight excluding hydrogens is 332 g/mol. The summed E-state index contributed by atoms with van der Waals surface area (Å²) in [5.41, 5.74) is 6.43. The second-order valence-electron chi connectivity index (χ2n) is 7.01. The third-order valence-corrected chi connectivity index (χ3v) is 5.59. The zero-order valence-corrected chi connectivity index (χ0v) is 15.4. The summed E-state index contributed by atoms with van der Waals surface area (Å²) in [7, 11) is 1.75. The van der Waals surface area contributed by atoms with Crippen molar-refractivity contribution in [1.82, 2.24) is 4.98 Å². The Hall–Kier alpha value is -3.20. The van der Waals surface area contributed by atoms with Crippen LogP contribution in [0.1, 0.15) is 22.7 Å². The van der Waals surface area contributed by atoms with Crippen LogP contribution >= 0.6 is 0 Å². The van der Waals surface area contributed by atoms with Crippen LogP contribution in [0.4, 0.5) is 5.69 Å². The van der Waals surface area contributed by atoms with Crippen molar-refractivity contribution >= 4 is 16.6 Å². The molecule has 4 aromatic rings. The normalized spacial score (nSPS) is 16.3. The van der Waals surface area contributed by atoms with E-state index < -0.39 is 0 Å². The van der Waals surface area contributed by atoms with Gasteiger partial charge in [-0.25, -0.2) is 0 Å². The maximum Gasteiger partial charge on any atom is 0.142 e. The average molecular weight is 354 g/mol. The Balaban J connectivity index is 1.74. The summed E-state index contributed by atoms with van der Waals surface area (Å²) < 4.78 is 5.69. The van der Waals surface area contributed by atoms with Crippen LogP contribution in [0.2, 0.25) is 0 Å². The van der Waals surface area contributed by atoms with E-state index in [4.69, 9.17) is 4.74 Å². The van der Waals surface area contributed by atoms with E-state index in [1.807, 2.05) is 12.1 Å². The predicted molar refractivity (Wildman–Crippen MR) is 111 cm³/mol. The molecule has 0 aliphatic carbocycles. The van der Waals surface area contributed by atoms with E-state index in [-0.39, 0.29) is 6.04 Å². The van der Waals surface area contributed by atoms with E-state index in [1.54, 1.807) is 7.11 Å². The van der Waals surface area contributed by atoms with Crippen molar-refractivity contribution in [2.45, 2.75) is 12.5 Å². The molecule has 0 spiro atoms. The molecule has 0 saturated carbocycles. The molecule has 0 fully saturated rings. The van der Waals surface area contributed by atoms with Gasteiger partial charge in [-0.05, 0) is 35.7 Å². The molecule has 3 aromatic carbocycles. The minimum absolute atomic E-state index is 0.155. The molecule has 27 heavy (non-hydrogen) atoms. The minimum atomic E-state index is 0.155. The minimum Gasteiger partial charge on any atom is -0.495 e. The highest BCUT2D eigenvalue weighted by Gasteiger charge is 2.31. The maximum absolute atomic E-state index is 5.69. The first kappa shape index (κ1) is 16.0. The van der Waals surface area contributed by atoms with Gasteiger partial charge in [0.1, 0.15) is 5.75 Å². The Morgan fingerprint density at radius 2 is 1.67 bits per heavy atom. The number of anilines is 1. The molecule has 1 atom stereocenters. The third kappa shape index (κ3) is 2.58. The number of methoxy groups -OCH3 is 1. The van der Waals surface area contributed by atoms with Crippen LogP contribution in [-0.2, 0) is 6.42 Å². The summed E-state index contributed by atoms with van der Waals surface area (Å²) in [6.45, 7) is 0.960. The van der Waals surface area contributed by atoms with Gasteiger partial charge >= 0.3 is 0 Å². The highest BCUT2D eigenvalue weighted by molar-refractivity contribution is 5.85. The highest BCUT2D eigenvalue weighted by Crippen LogP contribution is 2.43. The quantitative estimate of drug-likeness (QED) is 0.539. The summed E-state index contributed by atoms with van der Waals surface area (Å²) >= 11 is 0. The van der Waals surface area contributed by atoms with Crippen molar-refractivity contribution in [1.29, 1.82) is 0 Å². The molecule has 0 amide bonds. The first-order chi connectivity index (χ1) is 13.4. The lowest BCUT2D eigenvalue weighted by atomic mass is 9.87. The van der Waals surface area contributed by atoms with E-state index in [0.717, 1.165) is 24.4 Å². The van der Waals surface area contributed by atoms with Crippen LogP contribution in [0.15, 0.2) is 79.0 Å². The number of para-hydroxylation sites is 3. The molecule has 0 bridgehead atoms. The lowest BCUT2D eigenvalue weighted by Crippen LogP contribution is -2.36. The monoisotopic (exact) mass is 354 g/mol. The molecule has 1 aliphatic rings. The van der Waals surface area contributed by atoms with Crippen molar-refractivity contribution in [2.75, 3.05) is 18.6 Å². The molecule has 1 N–H and O–H groups in total. The number of H-pyrrole nitrogens is 1. The maximum atomic E-state index is 5.69. The van der Waals surface area contributed by atoms with E-state index in [9.17, 15) is 0 Å². The number of rotatable bonds is 3. The average Bonchev–Trinajstić information content (AvgIpc) is 3.16. The number of aromatic amines is 1. The zero-order chi connectivity index (χ0) is 18.2. The summed E-state index contributed by atoms with van der Waals surface area (Å²) in [5, 5.41) is 1.28. The van der Waals surface area contributed by atoms with Crippen LogP contribution in [0.5, 0.6) is 5.75 Å². The van der Waals surface area contributed by atoms with Crippen LogP contribution in [0, 0.1) is 0 Å². The largest absolute Gasteiger partial charge is 0.495 e. The van der Waals surface area contributed by atoms with E-state index >= 15 is 0 Å². The standard InChI is InChI=1S/C24H22N2O/c1-27-23-13-7-6-12-22(23)26-15-14-17-8-2-3-9-18(17)24(26)20-16-25-21-11-5-4-10-19(20)21/h2-13,16,24-25H,14-15H2,1H3. The van der Waals surface area contributed by atoms with Gasteiger partial charge in [-0.2, -0.15) is 0 Å². The second-order valence-corrected chi connectivity index (χ2v) is 7.01. The van der Waals surface area contributed by atoms with Crippen molar-refractivity contribution in [3.8, 4) is 5.75 Å². The van der Waals surface area contributed by atoms with Gasteiger partial charge in [0, 0.05) is 29.2 Å². The fraction of sp³-hybridized carbons (Fsp3) is 0.167. The molecule has 0 radical (unpaired) electrons. The van der Waals surface area contributed by atoms with Crippen molar-refractivity contribution in [2.24, 2.45) is 0 Å². The first-order valence-electron chi connectivity index (χ1n) is 9.40. The predicted octanol–water partition coefficient (Wildman–Crippen LogP) is 5.33. The van der Waals surface area contributed by atoms with Gasteiger partial charge in [-0.15, -0.1) is 0 Å². The number of hydrogen-bond acceptors (Lipinski definition) is 2. The Bertz CT molecular complexity index is 1100. The van der Waals surface area contributed by atoms with Crippen molar-refractivity contribution in [3.63, 3.8) is 0 Å². The number of nitrogens with one attached hydrogen (secondary N) is 1. The van der Waals surface area contributed by atoms with Gasteiger partial charge in [-0.3, -0.25) is 0 Å². The van der Waals surface area contributed by atoms with E-state index in [2.05, 4.69) is 76.7 Å². The van der Waals surface area contributed by atoms with Gasteiger partial charge < -0.3 is 14.6 Å². The molecule has 1 aliphatic heterocycles.